The molecule has 31 heavy (non-hydrogen) atoms. The number of hydrogen-bond acceptors (Lipinski definition) is 4. The molecule has 0 bridgehead atoms. The van der Waals surface area contributed by atoms with Crippen molar-refractivity contribution in [2.24, 2.45) is 0 Å². The first-order chi connectivity index (χ1) is 15.3. The highest BCUT2D eigenvalue weighted by Crippen LogP contribution is 2.33. The molecule has 4 heteroatoms. The molecule has 0 aliphatic rings. The third-order valence-electron chi connectivity index (χ3n) is 5.17. The SMILES string of the molecule is COc1ccc(CCc2ccccn2)cc1Oc1ccc(CCc2ccccn2)cc1. The number of pyridine rings is 2. The average Bonchev–Trinajstić information content (AvgIpc) is 2.84. The van der Waals surface area contributed by atoms with Gasteiger partial charge in [-0.15, -0.1) is 0 Å². The first-order valence-electron chi connectivity index (χ1n) is 10.5. The van der Waals surface area contributed by atoms with E-state index in [-0.39, 0.29) is 0 Å². The zero-order chi connectivity index (χ0) is 21.3. The zero-order valence-corrected chi connectivity index (χ0v) is 17.7. The molecule has 0 saturated carbocycles. The second kappa shape index (κ2) is 10.4. The molecule has 0 spiro atoms. The Hall–Kier alpha value is -3.66. The monoisotopic (exact) mass is 410 g/mol. The maximum Gasteiger partial charge on any atom is 0.169 e. The Morgan fingerprint density at radius 3 is 1.81 bits per heavy atom. The lowest BCUT2D eigenvalue weighted by molar-refractivity contribution is 0.378. The molecule has 2 aromatic heterocycles. The van der Waals surface area contributed by atoms with Crippen LogP contribution in [0.15, 0.2) is 91.3 Å². The average molecular weight is 411 g/mol. The second-order valence-electron chi connectivity index (χ2n) is 7.37. The Morgan fingerprint density at radius 2 is 1.23 bits per heavy atom. The largest absolute Gasteiger partial charge is 0.493 e. The fraction of sp³-hybridized carbons (Fsp3) is 0.185. The van der Waals surface area contributed by atoms with Gasteiger partial charge in [0.1, 0.15) is 5.75 Å². The van der Waals surface area contributed by atoms with E-state index in [1.807, 2.05) is 54.9 Å². The third-order valence-corrected chi connectivity index (χ3v) is 5.17. The van der Waals surface area contributed by atoms with Crippen LogP contribution in [0, 0.1) is 0 Å². The van der Waals surface area contributed by atoms with E-state index in [1.165, 1.54) is 11.1 Å². The maximum atomic E-state index is 6.16. The smallest absolute Gasteiger partial charge is 0.169 e. The van der Waals surface area contributed by atoms with Crippen LogP contribution in [0.4, 0.5) is 0 Å². The van der Waals surface area contributed by atoms with Crippen LogP contribution in [0.25, 0.3) is 0 Å². The van der Waals surface area contributed by atoms with Crippen LogP contribution in [-0.4, -0.2) is 17.1 Å². The number of aromatic nitrogens is 2. The van der Waals surface area contributed by atoms with Crippen LogP contribution in [0.1, 0.15) is 22.5 Å². The van der Waals surface area contributed by atoms with Crippen molar-refractivity contribution in [1.29, 1.82) is 0 Å². The Balaban J connectivity index is 1.40. The highest BCUT2D eigenvalue weighted by Gasteiger charge is 2.08. The van der Waals surface area contributed by atoms with E-state index in [0.29, 0.717) is 0 Å². The van der Waals surface area contributed by atoms with Crippen molar-refractivity contribution >= 4 is 0 Å². The van der Waals surface area contributed by atoms with Crippen molar-refractivity contribution in [2.75, 3.05) is 7.11 Å². The summed E-state index contributed by atoms with van der Waals surface area (Å²) in [5, 5.41) is 0. The fourth-order valence-corrected chi connectivity index (χ4v) is 3.44. The minimum atomic E-state index is 0.723. The quantitative estimate of drug-likeness (QED) is 0.347. The molecule has 0 unspecified atom stereocenters. The van der Waals surface area contributed by atoms with Gasteiger partial charge in [-0.1, -0.05) is 30.3 Å². The summed E-state index contributed by atoms with van der Waals surface area (Å²) in [6.45, 7) is 0. The summed E-state index contributed by atoms with van der Waals surface area (Å²) in [5.41, 5.74) is 4.64. The second-order valence-corrected chi connectivity index (χ2v) is 7.37. The van der Waals surface area contributed by atoms with Crippen LogP contribution in [0.2, 0.25) is 0 Å². The molecule has 0 atom stereocenters. The van der Waals surface area contributed by atoms with Crippen molar-refractivity contribution in [1.82, 2.24) is 9.97 Å². The number of hydrogen-bond donors (Lipinski definition) is 0. The normalized spacial score (nSPS) is 10.6. The molecular weight excluding hydrogens is 384 g/mol. The molecular formula is C27H26N2O2. The van der Waals surface area contributed by atoms with Crippen molar-refractivity contribution in [3.8, 4) is 17.2 Å². The van der Waals surface area contributed by atoms with Crippen LogP contribution in [0.5, 0.6) is 17.2 Å². The van der Waals surface area contributed by atoms with Crippen molar-refractivity contribution in [3.05, 3.63) is 114 Å². The number of nitrogens with zero attached hydrogens (tertiary/aromatic N) is 2. The fourth-order valence-electron chi connectivity index (χ4n) is 3.44. The van der Waals surface area contributed by atoms with Gasteiger partial charge in [0.2, 0.25) is 0 Å². The number of ether oxygens (including phenoxy) is 2. The lowest BCUT2D eigenvalue weighted by Crippen LogP contribution is -1.97. The predicted octanol–water partition coefficient (Wildman–Crippen LogP) is 5.85. The van der Waals surface area contributed by atoms with Crippen molar-refractivity contribution in [3.63, 3.8) is 0 Å². The molecule has 0 fully saturated rings. The molecule has 4 aromatic rings. The Bertz CT molecular complexity index is 1080. The molecule has 4 rings (SSSR count). The topological polar surface area (TPSA) is 44.2 Å². The van der Waals surface area contributed by atoms with Gasteiger partial charge < -0.3 is 9.47 Å². The molecule has 156 valence electrons. The van der Waals surface area contributed by atoms with E-state index in [2.05, 4.69) is 46.4 Å². The van der Waals surface area contributed by atoms with Crippen LogP contribution < -0.4 is 9.47 Å². The first-order valence-corrected chi connectivity index (χ1v) is 10.5. The molecule has 2 heterocycles. The van der Waals surface area contributed by atoms with E-state index in [0.717, 1.165) is 54.3 Å². The minimum Gasteiger partial charge on any atom is -0.493 e. The molecule has 0 radical (unpaired) electrons. The lowest BCUT2D eigenvalue weighted by atomic mass is 10.1. The first kappa shape index (κ1) is 20.6. The Kier molecular flexibility index (Phi) is 6.91. The van der Waals surface area contributed by atoms with E-state index in [9.17, 15) is 0 Å². The van der Waals surface area contributed by atoms with Gasteiger partial charge in [0.05, 0.1) is 7.11 Å². The molecule has 4 nitrogen and oxygen atoms in total. The minimum absolute atomic E-state index is 0.723. The van der Waals surface area contributed by atoms with Gasteiger partial charge in [0.25, 0.3) is 0 Å². The van der Waals surface area contributed by atoms with E-state index >= 15 is 0 Å². The van der Waals surface area contributed by atoms with Crippen LogP contribution >= 0.6 is 0 Å². The number of methoxy groups -OCH3 is 1. The number of benzene rings is 2. The maximum absolute atomic E-state index is 6.16. The zero-order valence-electron chi connectivity index (χ0n) is 17.7. The molecule has 0 N–H and O–H groups in total. The summed E-state index contributed by atoms with van der Waals surface area (Å²) in [5.74, 6) is 2.24. The summed E-state index contributed by atoms with van der Waals surface area (Å²) >= 11 is 0. The van der Waals surface area contributed by atoms with E-state index in [4.69, 9.17) is 9.47 Å². The summed E-state index contributed by atoms with van der Waals surface area (Å²) in [6.07, 6.45) is 7.32. The molecule has 0 aliphatic carbocycles. The van der Waals surface area contributed by atoms with E-state index < -0.39 is 0 Å². The lowest BCUT2D eigenvalue weighted by Gasteiger charge is -2.13. The molecule has 0 amide bonds. The van der Waals surface area contributed by atoms with Gasteiger partial charge in [0.15, 0.2) is 11.5 Å². The van der Waals surface area contributed by atoms with Crippen molar-refractivity contribution in [2.45, 2.75) is 25.7 Å². The summed E-state index contributed by atoms with van der Waals surface area (Å²) in [6, 6.07) is 26.4. The highest BCUT2D eigenvalue weighted by molar-refractivity contribution is 5.46. The van der Waals surface area contributed by atoms with Gasteiger partial charge in [-0.2, -0.15) is 0 Å². The molecule has 0 saturated heterocycles. The number of aryl methyl sites for hydroxylation is 4. The standard InChI is InChI=1S/C27H26N2O2/c1-30-26-17-12-22(9-14-24-7-3-5-19-29-24)20-27(26)31-25-15-10-21(11-16-25)8-13-23-6-2-4-18-28-23/h2-7,10-12,15-20H,8-9,13-14H2,1H3. The summed E-state index contributed by atoms with van der Waals surface area (Å²) in [4.78, 5) is 8.79. The summed E-state index contributed by atoms with van der Waals surface area (Å²) in [7, 11) is 1.66. The van der Waals surface area contributed by atoms with Gasteiger partial charge in [-0.05, 0) is 85.3 Å². The Morgan fingerprint density at radius 1 is 0.613 bits per heavy atom. The van der Waals surface area contributed by atoms with E-state index in [1.54, 1.807) is 7.11 Å². The van der Waals surface area contributed by atoms with Crippen LogP contribution in [0.3, 0.4) is 0 Å². The Labute approximate surface area is 183 Å². The molecule has 0 aliphatic heterocycles. The molecule has 2 aromatic carbocycles. The number of rotatable bonds is 9. The van der Waals surface area contributed by atoms with Gasteiger partial charge in [-0.3, -0.25) is 9.97 Å². The van der Waals surface area contributed by atoms with Gasteiger partial charge in [-0.25, -0.2) is 0 Å². The third kappa shape index (κ3) is 5.92. The summed E-state index contributed by atoms with van der Waals surface area (Å²) < 4.78 is 11.7. The van der Waals surface area contributed by atoms with Crippen LogP contribution in [-0.2, 0) is 25.7 Å². The van der Waals surface area contributed by atoms with Crippen molar-refractivity contribution < 1.29 is 9.47 Å². The van der Waals surface area contributed by atoms with Gasteiger partial charge >= 0.3 is 0 Å². The predicted molar refractivity (Wildman–Crippen MR) is 123 cm³/mol. The van der Waals surface area contributed by atoms with Gasteiger partial charge in [0, 0.05) is 23.8 Å². The highest BCUT2D eigenvalue weighted by atomic mass is 16.5.